The molecule has 5 aromatic rings. The lowest BCUT2D eigenvalue weighted by molar-refractivity contribution is 0.306. The molecule has 0 saturated carbocycles. The van der Waals surface area contributed by atoms with E-state index in [0.717, 1.165) is 31.6 Å². The van der Waals surface area contributed by atoms with Gasteiger partial charge in [0.25, 0.3) is 0 Å². The minimum absolute atomic E-state index is 0.00321. The number of aromatic nitrogens is 2. The fourth-order valence-electron chi connectivity index (χ4n) is 6.23. The Bertz CT molecular complexity index is 1550. The van der Waals surface area contributed by atoms with Gasteiger partial charge in [-0.1, -0.05) is 62.4 Å². The highest BCUT2D eigenvalue weighted by atomic mass is 16.5. The van der Waals surface area contributed by atoms with Crippen LogP contribution in [0.5, 0.6) is 5.75 Å². The van der Waals surface area contributed by atoms with E-state index in [9.17, 15) is 0 Å². The average Bonchev–Trinajstić information content (AvgIpc) is 3.45. The average molecular weight is 501 g/mol. The highest BCUT2D eigenvalue weighted by Crippen LogP contribution is 2.44. The van der Waals surface area contributed by atoms with Crippen molar-refractivity contribution in [2.24, 2.45) is 5.92 Å². The molecule has 0 N–H and O–H groups in total. The van der Waals surface area contributed by atoms with Crippen LogP contribution in [0, 0.1) is 12.8 Å². The van der Waals surface area contributed by atoms with Crippen molar-refractivity contribution in [3.63, 3.8) is 0 Å². The van der Waals surface area contributed by atoms with E-state index in [4.69, 9.17) is 4.74 Å². The molecule has 38 heavy (non-hydrogen) atoms. The number of rotatable bonds is 8. The van der Waals surface area contributed by atoms with Crippen LogP contribution in [0.3, 0.4) is 0 Å². The smallest absolute Gasteiger partial charge is 0.120 e. The molecule has 0 amide bonds. The normalized spacial score (nSPS) is 16.7. The summed E-state index contributed by atoms with van der Waals surface area (Å²) < 4.78 is 8.67. The van der Waals surface area contributed by atoms with Crippen LogP contribution in [0.2, 0.25) is 0 Å². The van der Waals surface area contributed by atoms with E-state index in [1.165, 1.54) is 44.3 Å². The van der Waals surface area contributed by atoms with Crippen LogP contribution < -0.4 is 4.74 Å². The van der Waals surface area contributed by atoms with Gasteiger partial charge in [-0.2, -0.15) is 0 Å². The van der Waals surface area contributed by atoms with Gasteiger partial charge >= 0.3 is 0 Å². The van der Waals surface area contributed by atoms with E-state index in [0.29, 0.717) is 12.5 Å². The van der Waals surface area contributed by atoms with Gasteiger partial charge in [-0.3, -0.25) is 4.98 Å². The van der Waals surface area contributed by atoms with Crippen LogP contribution in [-0.2, 0) is 37.8 Å². The van der Waals surface area contributed by atoms with Crippen molar-refractivity contribution in [3.05, 3.63) is 131 Å². The Labute approximate surface area is 226 Å². The molecule has 2 heterocycles. The predicted molar refractivity (Wildman–Crippen MR) is 156 cm³/mol. The van der Waals surface area contributed by atoms with Crippen LogP contribution in [-0.4, -0.2) is 9.55 Å². The van der Waals surface area contributed by atoms with Crippen molar-refractivity contribution in [2.45, 2.75) is 58.6 Å². The van der Waals surface area contributed by atoms with Crippen LogP contribution >= 0.6 is 0 Å². The van der Waals surface area contributed by atoms with Crippen LogP contribution in [0.1, 0.15) is 47.2 Å². The Morgan fingerprint density at radius 2 is 1.66 bits per heavy atom. The van der Waals surface area contributed by atoms with Gasteiger partial charge in [-0.15, -0.1) is 0 Å². The second kappa shape index (κ2) is 10.1. The van der Waals surface area contributed by atoms with E-state index in [2.05, 4.69) is 109 Å². The summed E-state index contributed by atoms with van der Waals surface area (Å²) >= 11 is 0. The van der Waals surface area contributed by atoms with Gasteiger partial charge in [-0.25, -0.2) is 0 Å². The lowest BCUT2D eigenvalue weighted by atomic mass is 9.73. The van der Waals surface area contributed by atoms with Crippen molar-refractivity contribution in [3.8, 4) is 5.75 Å². The molecule has 6 rings (SSSR count). The Morgan fingerprint density at radius 3 is 2.45 bits per heavy atom. The lowest BCUT2D eigenvalue weighted by Gasteiger charge is -2.30. The maximum atomic E-state index is 6.21. The molecule has 192 valence electrons. The van der Waals surface area contributed by atoms with E-state index in [-0.39, 0.29) is 5.41 Å². The van der Waals surface area contributed by atoms with Crippen LogP contribution in [0.25, 0.3) is 10.9 Å². The molecule has 0 saturated heterocycles. The third-order valence-electron chi connectivity index (χ3n) is 8.03. The van der Waals surface area contributed by atoms with Crippen molar-refractivity contribution in [2.75, 3.05) is 0 Å². The summed E-state index contributed by atoms with van der Waals surface area (Å²) in [5.74, 6) is 1.55. The second-order valence-electron chi connectivity index (χ2n) is 11.5. The van der Waals surface area contributed by atoms with Gasteiger partial charge in [0.2, 0.25) is 0 Å². The molecule has 3 nitrogen and oxygen atoms in total. The molecule has 3 heteroatoms. The maximum Gasteiger partial charge on any atom is 0.120 e. The summed E-state index contributed by atoms with van der Waals surface area (Å²) in [5.41, 5.74) is 9.48. The highest BCUT2D eigenvalue weighted by molar-refractivity contribution is 5.84. The summed E-state index contributed by atoms with van der Waals surface area (Å²) in [6.07, 6.45) is 9.17. The van der Waals surface area contributed by atoms with E-state index in [1.54, 1.807) is 0 Å². The molecular weight excluding hydrogens is 464 g/mol. The minimum Gasteiger partial charge on any atom is -0.489 e. The number of aryl methyl sites for hydroxylation is 1. The standard InChI is InChI=1S/C35H36N2O/c1-25(2)22-37-23-26(3)33-12-10-31(18-34(33)37)35(19-27-13-15-36-16-14-27)20-29-9-11-32(17-30(29)21-35)38-24-28-7-5-4-6-8-28/h4-18,23,25H,19-22,24H2,1-3H3. The molecular formula is C35H36N2O. The molecule has 1 atom stereocenters. The monoisotopic (exact) mass is 500 g/mol. The summed E-state index contributed by atoms with van der Waals surface area (Å²) in [6, 6.07) is 28.6. The van der Waals surface area contributed by atoms with Gasteiger partial charge in [0.15, 0.2) is 0 Å². The van der Waals surface area contributed by atoms with Crippen LogP contribution in [0.4, 0.5) is 0 Å². The topological polar surface area (TPSA) is 27.1 Å². The third kappa shape index (κ3) is 4.86. The fraction of sp³-hybridized carbons (Fsp3) is 0.286. The minimum atomic E-state index is -0.00321. The zero-order valence-corrected chi connectivity index (χ0v) is 22.7. The van der Waals surface area contributed by atoms with Crippen LogP contribution in [0.15, 0.2) is 97.5 Å². The molecule has 1 unspecified atom stereocenters. The zero-order valence-electron chi connectivity index (χ0n) is 22.7. The number of pyridine rings is 1. The quantitative estimate of drug-likeness (QED) is 0.217. The lowest BCUT2D eigenvalue weighted by Crippen LogP contribution is -2.30. The van der Waals surface area contributed by atoms with Gasteiger partial charge in [-0.05, 0) is 95.8 Å². The molecule has 3 aromatic carbocycles. The Hall–Kier alpha value is -3.85. The molecule has 0 fully saturated rings. The summed E-state index contributed by atoms with van der Waals surface area (Å²) in [7, 11) is 0. The number of ether oxygens (including phenoxy) is 1. The first-order valence-corrected chi connectivity index (χ1v) is 13.8. The van der Waals surface area contributed by atoms with Crippen molar-refractivity contribution < 1.29 is 4.74 Å². The first-order valence-electron chi connectivity index (χ1n) is 13.8. The third-order valence-corrected chi connectivity index (χ3v) is 8.03. The Morgan fingerprint density at radius 1 is 0.868 bits per heavy atom. The van der Waals surface area contributed by atoms with E-state index >= 15 is 0 Å². The largest absolute Gasteiger partial charge is 0.489 e. The summed E-state index contributed by atoms with van der Waals surface area (Å²) in [4.78, 5) is 4.27. The highest BCUT2D eigenvalue weighted by Gasteiger charge is 2.39. The van der Waals surface area contributed by atoms with Crippen molar-refractivity contribution >= 4 is 10.9 Å². The fourth-order valence-corrected chi connectivity index (χ4v) is 6.23. The molecule has 0 spiro atoms. The number of hydrogen-bond acceptors (Lipinski definition) is 2. The first kappa shape index (κ1) is 24.5. The molecule has 1 aliphatic rings. The first-order chi connectivity index (χ1) is 18.5. The van der Waals surface area contributed by atoms with E-state index in [1.807, 2.05) is 18.5 Å². The second-order valence-corrected chi connectivity index (χ2v) is 11.5. The SMILES string of the molecule is Cc1cn(CC(C)C)c2cc(C3(Cc4ccncc4)Cc4ccc(OCc5ccccc5)cc4C3)ccc12. The Balaban J connectivity index is 1.36. The number of fused-ring (bicyclic) bond motifs is 2. The van der Waals surface area contributed by atoms with E-state index < -0.39 is 0 Å². The van der Waals surface area contributed by atoms with Gasteiger partial charge in [0, 0.05) is 41.5 Å². The number of nitrogens with zero attached hydrogens (tertiary/aromatic N) is 2. The number of benzene rings is 3. The zero-order chi connectivity index (χ0) is 26.1. The molecule has 0 bridgehead atoms. The van der Waals surface area contributed by atoms with Crippen molar-refractivity contribution in [1.82, 2.24) is 9.55 Å². The molecule has 0 aliphatic heterocycles. The van der Waals surface area contributed by atoms with Gasteiger partial charge < -0.3 is 9.30 Å². The summed E-state index contributed by atoms with van der Waals surface area (Å²) in [6.45, 7) is 8.44. The van der Waals surface area contributed by atoms with Crippen molar-refractivity contribution in [1.29, 1.82) is 0 Å². The van der Waals surface area contributed by atoms with Gasteiger partial charge in [0.05, 0.1) is 0 Å². The number of hydrogen-bond donors (Lipinski definition) is 0. The molecule has 2 aromatic heterocycles. The Kier molecular flexibility index (Phi) is 6.53. The molecule has 0 radical (unpaired) electrons. The molecule has 1 aliphatic carbocycles. The summed E-state index contributed by atoms with van der Waals surface area (Å²) in [5, 5.41) is 1.36. The predicted octanol–water partition coefficient (Wildman–Crippen LogP) is 7.86. The van der Waals surface area contributed by atoms with Gasteiger partial charge in [0.1, 0.15) is 12.4 Å². The maximum absolute atomic E-state index is 6.21.